The van der Waals surface area contributed by atoms with Crippen LogP contribution < -0.4 is 5.32 Å². The third-order valence-corrected chi connectivity index (χ3v) is 3.33. The predicted molar refractivity (Wildman–Crippen MR) is 80.0 cm³/mol. The number of rotatable bonds is 2. The van der Waals surface area contributed by atoms with Crippen LogP contribution in [-0.2, 0) is 0 Å². The van der Waals surface area contributed by atoms with E-state index in [4.69, 9.17) is 0 Å². The highest BCUT2D eigenvalue weighted by molar-refractivity contribution is 6.06. The van der Waals surface area contributed by atoms with Crippen molar-refractivity contribution in [2.75, 3.05) is 5.32 Å². The Hall–Kier alpha value is -2.62. The number of benzene rings is 2. The Labute approximate surface area is 116 Å². The summed E-state index contributed by atoms with van der Waals surface area (Å²) in [6.07, 6.45) is 1.74. The summed E-state index contributed by atoms with van der Waals surface area (Å²) in [7, 11) is 0. The van der Waals surface area contributed by atoms with Gasteiger partial charge >= 0.3 is 0 Å². The molecule has 0 aliphatic rings. The molecule has 0 saturated carbocycles. The zero-order valence-corrected chi connectivity index (χ0v) is 11.4. The van der Waals surface area contributed by atoms with Crippen molar-refractivity contribution in [2.24, 2.45) is 0 Å². The van der Waals surface area contributed by atoms with Gasteiger partial charge in [0, 0.05) is 16.6 Å². The standard InChI is InChI=1S/C16H15N3O/c1-10-3-6-14(11(2)7-10)18-16(20)12-4-5-13-9-17-19-15(13)8-12/h3-9H,1-2H3,(H,17,19)(H,18,20). The molecule has 1 amide bonds. The van der Waals surface area contributed by atoms with Crippen LogP contribution in [0.4, 0.5) is 5.69 Å². The van der Waals surface area contributed by atoms with E-state index in [2.05, 4.69) is 15.5 Å². The van der Waals surface area contributed by atoms with Crippen LogP contribution in [0.5, 0.6) is 0 Å². The van der Waals surface area contributed by atoms with Crippen molar-refractivity contribution in [1.82, 2.24) is 10.2 Å². The largest absolute Gasteiger partial charge is 0.322 e. The van der Waals surface area contributed by atoms with Crippen molar-refractivity contribution in [3.8, 4) is 0 Å². The fourth-order valence-corrected chi connectivity index (χ4v) is 2.23. The molecule has 0 fully saturated rings. The molecule has 0 bridgehead atoms. The van der Waals surface area contributed by atoms with Gasteiger partial charge in [-0.2, -0.15) is 5.10 Å². The summed E-state index contributed by atoms with van der Waals surface area (Å²) in [4.78, 5) is 12.3. The molecule has 4 heteroatoms. The molecule has 0 atom stereocenters. The van der Waals surface area contributed by atoms with Crippen LogP contribution in [0.2, 0.25) is 0 Å². The van der Waals surface area contributed by atoms with E-state index >= 15 is 0 Å². The van der Waals surface area contributed by atoms with Crippen molar-refractivity contribution >= 4 is 22.5 Å². The van der Waals surface area contributed by atoms with Crippen LogP contribution in [0.3, 0.4) is 0 Å². The van der Waals surface area contributed by atoms with Gasteiger partial charge in [-0.3, -0.25) is 9.89 Å². The first-order valence-electron chi connectivity index (χ1n) is 6.45. The van der Waals surface area contributed by atoms with Crippen LogP contribution in [0.1, 0.15) is 21.5 Å². The Morgan fingerprint density at radius 1 is 1.15 bits per heavy atom. The third-order valence-electron chi connectivity index (χ3n) is 3.33. The van der Waals surface area contributed by atoms with E-state index in [0.29, 0.717) is 5.56 Å². The van der Waals surface area contributed by atoms with Gasteiger partial charge in [0.1, 0.15) is 0 Å². The van der Waals surface area contributed by atoms with Gasteiger partial charge in [0.2, 0.25) is 0 Å². The summed E-state index contributed by atoms with van der Waals surface area (Å²) < 4.78 is 0. The van der Waals surface area contributed by atoms with Crippen LogP contribution in [0, 0.1) is 13.8 Å². The number of aryl methyl sites for hydroxylation is 2. The fourth-order valence-electron chi connectivity index (χ4n) is 2.23. The van der Waals surface area contributed by atoms with Crippen molar-refractivity contribution in [2.45, 2.75) is 13.8 Å². The average molecular weight is 265 g/mol. The van der Waals surface area contributed by atoms with Gasteiger partial charge < -0.3 is 5.32 Å². The Morgan fingerprint density at radius 3 is 2.80 bits per heavy atom. The zero-order valence-electron chi connectivity index (χ0n) is 11.4. The maximum atomic E-state index is 12.3. The van der Waals surface area contributed by atoms with E-state index < -0.39 is 0 Å². The first kappa shape index (κ1) is 12.4. The van der Waals surface area contributed by atoms with E-state index in [1.807, 2.05) is 38.1 Å². The van der Waals surface area contributed by atoms with E-state index in [9.17, 15) is 4.79 Å². The van der Waals surface area contributed by atoms with Gasteiger partial charge in [-0.15, -0.1) is 0 Å². The molecular weight excluding hydrogens is 250 g/mol. The molecule has 1 heterocycles. The quantitative estimate of drug-likeness (QED) is 0.745. The van der Waals surface area contributed by atoms with Gasteiger partial charge in [-0.05, 0) is 37.6 Å². The highest BCUT2D eigenvalue weighted by atomic mass is 16.1. The number of hydrogen-bond acceptors (Lipinski definition) is 2. The number of hydrogen-bond donors (Lipinski definition) is 2. The average Bonchev–Trinajstić information content (AvgIpc) is 2.89. The highest BCUT2D eigenvalue weighted by Gasteiger charge is 2.09. The molecule has 0 saturated heterocycles. The summed E-state index contributed by atoms with van der Waals surface area (Å²) in [6.45, 7) is 4.02. The summed E-state index contributed by atoms with van der Waals surface area (Å²) in [6, 6.07) is 11.5. The Bertz CT molecular complexity index is 789. The topological polar surface area (TPSA) is 57.8 Å². The monoisotopic (exact) mass is 265 g/mol. The van der Waals surface area contributed by atoms with Crippen LogP contribution in [0.25, 0.3) is 10.9 Å². The van der Waals surface area contributed by atoms with E-state index in [1.165, 1.54) is 5.56 Å². The molecular formula is C16H15N3O. The van der Waals surface area contributed by atoms with Gasteiger partial charge in [0.05, 0.1) is 11.7 Å². The minimum atomic E-state index is -0.117. The molecule has 2 N–H and O–H groups in total. The van der Waals surface area contributed by atoms with Gasteiger partial charge in [-0.25, -0.2) is 0 Å². The summed E-state index contributed by atoms with van der Waals surface area (Å²) in [5, 5.41) is 10.8. The zero-order chi connectivity index (χ0) is 14.1. The fraction of sp³-hybridized carbons (Fsp3) is 0.125. The Balaban J connectivity index is 1.88. The number of nitrogens with zero attached hydrogens (tertiary/aromatic N) is 1. The maximum Gasteiger partial charge on any atom is 0.255 e. The van der Waals surface area contributed by atoms with Crippen molar-refractivity contribution in [3.63, 3.8) is 0 Å². The minimum absolute atomic E-state index is 0.117. The lowest BCUT2D eigenvalue weighted by Gasteiger charge is -2.09. The smallest absolute Gasteiger partial charge is 0.255 e. The molecule has 0 aliphatic carbocycles. The van der Waals surface area contributed by atoms with Crippen LogP contribution in [0.15, 0.2) is 42.6 Å². The number of H-pyrrole nitrogens is 1. The third kappa shape index (κ3) is 2.28. The van der Waals surface area contributed by atoms with Gasteiger partial charge in [0.25, 0.3) is 5.91 Å². The number of nitrogens with one attached hydrogen (secondary N) is 2. The predicted octanol–water partition coefficient (Wildman–Crippen LogP) is 3.43. The van der Waals surface area contributed by atoms with E-state index in [1.54, 1.807) is 18.3 Å². The highest BCUT2D eigenvalue weighted by Crippen LogP contribution is 2.18. The Morgan fingerprint density at radius 2 is 2.00 bits per heavy atom. The molecule has 0 aliphatic heterocycles. The molecule has 3 aromatic rings. The molecule has 1 aromatic heterocycles. The van der Waals surface area contributed by atoms with E-state index in [0.717, 1.165) is 22.2 Å². The molecule has 2 aromatic carbocycles. The number of aromatic amines is 1. The SMILES string of the molecule is Cc1ccc(NC(=O)c2ccc3cn[nH]c3c2)c(C)c1. The second-order valence-electron chi connectivity index (χ2n) is 4.94. The first-order chi connectivity index (χ1) is 9.63. The Kier molecular flexibility index (Phi) is 2.99. The summed E-state index contributed by atoms with van der Waals surface area (Å²) >= 11 is 0. The molecule has 0 radical (unpaired) electrons. The van der Waals surface area contributed by atoms with Crippen molar-refractivity contribution < 1.29 is 4.79 Å². The number of carbonyl (C=O) groups is 1. The van der Waals surface area contributed by atoms with Gasteiger partial charge in [0.15, 0.2) is 0 Å². The molecule has 0 spiro atoms. The number of amides is 1. The molecule has 4 nitrogen and oxygen atoms in total. The number of carbonyl (C=O) groups excluding carboxylic acids is 1. The lowest BCUT2D eigenvalue weighted by atomic mass is 10.1. The maximum absolute atomic E-state index is 12.3. The first-order valence-corrected chi connectivity index (χ1v) is 6.45. The number of fused-ring (bicyclic) bond motifs is 1. The van der Waals surface area contributed by atoms with Crippen molar-refractivity contribution in [1.29, 1.82) is 0 Å². The van der Waals surface area contributed by atoms with Crippen LogP contribution >= 0.6 is 0 Å². The minimum Gasteiger partial charge on any atom is -0.322 e. The van der Waals surface area contributed by atoms with Crippen LogP contribution in [-0.4, -0.2) is 16.1 Å². The molecule has 20 heavy (non-hydrogen) atoms. The lowest BCUT2D eigenvalue weighted by molar-refractivity contribution is 0.102. The molecule has 0 unspecified atom stereocenters. The second-order valence-corrected chi connectivity index (χ2v) is 4.94. The van der Waals surface area contributed by atoms with Gasteiger partial charge in [-0.1, -0.05) is 23.8 Å². The van der Waals surface area contributed by atoms with Crippen molar-refractivity contribution in [3.05, 3.63) is 59.3 Å². The molecule has 100 valence electrons. The summed E-state index contributed by atoms with van der Waals surface area (Å²) in [5.74, 6) is -0.117. The normalized spacial score (nSPS) is 10.7. The summed E-state index contributed by atoms with van der Waals surface area (Å²) in [5.41, 5.74) is 4.55. The second kappa shape index (κ2) is 4.81. The van der Waals surface area contributed by atoms with E-state index in [-0.39, 0.29) is 5.91 Å². The molecule has 3 rings (SSSR count). The number of aromatic nitrogens is 2. The lowest BCUT2D eigenvalue weighted by Crippen LogP contribution is -2.12. The number of anilines is 1.